The van der Waals surface area contributed by atoms with Gasteiger partial charge >= 0.3 is 12.0 Å². The number of carboxylic acids is 1. The van der Waals surface area contributed by atoms with Gasteiger partial charge in [0.15, 0.2) is 0 Å². The summed E-state index contributed by atoms with van der Waals surface area (Å²) in [5, 5.41) is 20.9. The quantitative estimate of drug-likeness (QED) is 0.641. The topological polar surface area (TPSA) is 99.1 Å². The molecule has 0 aliphatic carbocycles. The lowest BCUT2D eigenvalue weighted by Crippen LogP contribution is -2.52. The van der Waals surface area contributed by atoms with Gasteiger partial charge in [0.2, 0.25) is 0 Å². The molecule has 1 aliphatic rings. The lowest BCUT2D eigenvalue weighted by molar-refractivity contribution is -0.141. The van der Waals surface area contributed by atoms with Crippen LogP contribution in [0.15, 0.2) is 0 Å². The van der Waals surface area contributed by atoms with Gasteiger partial charge in [-0.05, 0) is 13.8 Å². The first kappa shape index (κ1) is 14.7. The fraction of sp³-hybridized carbons (Fsp3) is 0.818. The van der Waals surface area contributed by atoms with Crippen molar-refractivity contribution in [2.75, 3.05) is 26.2 Å². The fourth-order valence-electron chi connectivity index (χ4n) is 1.77. The van der Waals surface area contributed by atoms with Crippen LogP contribution in [0.1, 0.15) is 20.3 Å². The molecule has 2 unspecified atom stereocenters. The molecule has 0 saturated carbocycles. The zero-order valence-corrected chi connectivity index (χ0v) is 10.7. The Morgan fingerprint density at radius 1 is 1.56 bits per heavy atom. The predicted octanol–water partition coefficient (Wildman–Crippen LogP) is -0.358. The molecule has 104 valence electrons. The van der Waals surface area contributed by atoms with Gasteiger partial charge in [0.1, 0.15) is 0 Å². The van der Waals surface area contributed by atoms with Crippen LogP contribution in [0.2, 0.25) is 0 Å². The van der Waals surface area contributed by atoms with Crippen molar-refractivity contribution in [2.24, 2.45) is 0 Å². The molecular weight excluding hydrogens is 240 g/mol. The number of nitrogens with one attached hydrogen (secondary N) is 1. The summed E-state index contributed by atoms with van der Waals surface area (Å²) in [7, 11) is 0. The lowest BCUT2D eigenvalue weighted by atomic mass is 10.0. The van der Waals surface area contributed by atoms with Gasteiger partial charge in [0.25, 0.3) is 0 Å². The summed E-state index contributed by atoms with van der Waals surface area (Å²) in [6.45, 7) is 4.64. The zero-order chi connectivity index (χ0) is 13.8. The zero-order valence-electron chi connectivity index (χ0n) is 10.7. The standard InChI is InChI=1S/C11H20N2O5/c1-8-6-13(3-4-18-8)10(16)12-7-11(2,17)5-9(14)15/h8,17H,3-7H2,1-2H3,(H,12,16)(H,14,15). The molecule has 0 radical (unpaired) electrons. The van der Waals surface area contributed by atoms with E-state index in [1.54, 1.807) is 4.90 Å². The third-order valence-corrected chi connectivity index (χ3v) is 2.68. The number of hydrogen-bond donors (Lipinski definition) is 3. The van der Waals surface area contributed by atoms with E-state index in [2.05, 4.69) is 5.32 Å². The monoisotopic (exact) mass is 260 g/mol. The van der Waals surface area contributed by atoms with Gasteiger partial charge in [-0.25, -0.2) is 4.79 Å². The minimum atomic E-state index is -1.45. The van der Waals surface area contributed by atoms with Gasteiger partial charge in [0, 0.05) is 19.6 Å². The number of carboxylic acid groups (broad SMARTS) is 1. The van der Waals surface area contributed by atoms with Crippen molar-refractivity contribution in [3.8, 4) is 0 Å². The first-order valence-corrected chi connectivity index (χ1v) is 5.89. The number of hydrogen-bond acceptors (Lipinski definition) is 4. The van der Waals surface area contributed by atoms with Gasteiger partial charge in [-0.2, -0.15) is 0 Å². The SMILES string of the molecule is CC1CN(C(=O)NCC(C)(O)CC(=O)O)CCO1. The van der Waals surface area contributed by atoms with Crippen LogP contribution in [-0.4, -0.2) is 65.1 Å². The van der Waals surface area contributed by atoms with Crippen LogP contribution in [0.3, 0.4) is 0 Å². The third-order valence-electron chi connectivity index (χ3n) is 2.68. The molecule has 2 amide bonds. The highest BCUT2D eigenvalue weighted by atomic mass is 16.5. The van der Waals surface area contributed by atoms with Crippen molar-refractivity contribution in [1.29, 1.82) is 0 Å². The molecule has 1 heterocycles. The third kappa shape index (κ3) is 4.89. The Bertz CT molecular complexity index is 319. The number of rotatable bonds is 4. The number of urea groups is 1. The second-order valence-corrected chi connectivity index (χ2v) is 4.85. The molecule has 3 N–H and O–H groups in total. The van der Waals surface area contributed by atoms with Crippen LogP contribution in [0, 0.1) is 0 Å². The first-order valence-electron chi connectivity index (χ1n) is 5.89. The van der Waals surface area contributed by atoms with E-state index >= 15 is 0 Å². The molecule has 0 bridgehead atoms. The molecule has 1 aliphatic heterocycles. The highest BCUT2D eigenvalue weighted by Gasteiger charge is 2.27. The van der Waals surface area contributed by atoms with Gasteiger partial charge in [-0.3, -0.25) is 4.79 Å². The number of carbonyl (C=O) groups excluding carboxylic acids is 1. The van der Waals surface area contributed by atoms with Crippen molar-refractivity contribution >= 4 is 12.0 Å². The Morgan fingerprint density at radius 3 is 2.78 bits per heavy atom. The molecule has 2 atom stereocenters. The molecule has 7 heteroatoms. The largest absolute Gasteiger partial charge is 0.481 e. The summed E-state index contributed by atoms with van der Waals surface area (Å²) in [6, 6.07) is -0.309. The maximum atomic E-state index is 11.8. The van der Waals surface area contributed by atoms with E-state index in [-0.39, 0.29) is 18.7 Å². The summed E-state index contributed by atoms with van der Waals surface area (Å²) in [5.41, 5.74) is -1.45. The molecule has 18 heavy (non-hydrogen) atoms. The van der Waals surface area contributed by atoms with E-state index in [9.17, 15) is 14.7 Å². The maximum absolute atomic E-state index is 11.8. The Kier molecular flexibility index (Phi) is 4.92. The molecule has 1 saturated heterocycles. The molecule has 0 aromatic heterocycles. The van der Waals surface area contributed by atoms with Crippen LogP contribution in [0.25, 0.3) is 0 Å². The summed E-state index contributed by atoms with van der Waals surface area (Å²) < 4.78 is 5.31. The molecular formula is C11H20N2O5. The average molecular weight is 260 g/mol. The Labute approximate surface area is 106 Å². The number of ether oxygens (including phenoxy) is 1. The molecule has 0 spiro atoms. The van der Waals surface area contributed by atoms with Crippen molar-refractivity contribution < 1.29 is 24.5 Å². The molecule has 0 aromatic rings. The van der Waals surface area contributed by atoms with Crippen LogP contribution >= 0.6 is 0 Å². The Morgan fingerprint density at radius 2 is 2.22 bits per heavy atom. The fourth-order valence-corrected chi connectivity index (χ4v) is 1.77. The number of carbonyl (C=O) groups is 2. The number of aliphatic hydroxyl groups is 1. The van der Waals surface area contributed by atoms with Crippen LogP contribution in [0.4, 0.5) is 4.79 Å². The number of nitrogens with zero attached hydrogens (tertiary/aromatic N) is 1. The van der Waals surface area contributed by atoms with Crippen molar-refractivity contribution in [2.45, 2.75) is 32.0 Å². The average Bonchev–Trinajstić information content (AvgIpc) is 2.24. The van der Waals surface area contributed by atoms with Crippen LogP contribution in [0.5, 0.6) is 0 Å². The summed E-state index contributed by atoms with van der Waals surface area (Å²) in [4.78, 5) is 23.9. The lowest BCUT2D eigenvalue weighted by Gasteiger charge is -2.32. The van der Waals surface area contributed by atoms with E-state index in [1.165, 1.54) is 6.92 Å². The predicted molar refractivity (Wildman–Crippen MR) is 63.3 cm³/mol. The molecule has 7 nitrogen and oxygen atoms in total. The van der Waals surface area contributed by atoms with Gasteiger partial charge in [-0.15, -0.1) is 0 Å². The van der Waals surface area contributed by atoms with E-state index in [0.29, 0.717) is 19.7 Å². The van der Waals surface area contributed by atoms with Gasteiger partial charge in [-0.1, -0.05) is 0 Å². The highest BCUT2D eigenvalue weighted by molar-refractivity contribution is 5.74. The summed E-state index contributed by atoms with van der Waals surface area (Å²) in [6.07, 6.45) is -0.420. The highest BCUT2D eigenvalue weighted by Crippen LogP contribution is 2.09. The number of aliphatic carboxylic acids is 1. The van der Waals surface area contributed by atoms with E-state index in [0.717, 1.165) is 0 Å². The van der Waals surface area contributed by atoms with Crippen LogP contribution in [-0.2, 0) is 9.53 Å². The van der Waals surface area contributed by atoms with E-state index < -0.39 is 18.0 Å². The maximum Gasteiger partial charge on any atom is 0.317 e. The van der Waals surface area contributed by atoms with Crippen molar-refractivity contribution in [3.63, 3.8) is 0 Å². The molecule has 1 fully saturated rings. The van der Waals surface area contributed by atoms with Crippen molar-refractivity contribution in [3.05, 3.63) is 0 Å². The minimum absolute atomic E-state index is 0.0102. The molecule has 1 rings (SSSR count). The summed E-state index contributed by atoms with van der Waals surface area (Å²) >= 11 is 0. The number of morpholine rings is 1. The Balaban J connectivity index is 2.38. The second kappa shape index (κ2) is 6.01. The number of amides is 2. The smallest absolute Gasteiger partial charge is 0.317 e. The Hall–Kier alpha value is -1.34. The first-order chi connectivity index (χ1) is 8.30. The second-order valence-electron chi connectivity index (χ2n) is 4.85. The van der Waals surface area contributed by atoms with Crippen molar-refractivity contribution in [1.82, 2.24) is 10.2 Å². The van der Waals surface area contributed by atoms with Gasteiger partial charge in [0.05, 0.1) is 24.7 Å². The van der Waals surface area contributed by atoms with E-state index in [4.69, 9.17) is 9.84 Å². The summed E-state index contributed by atoms with van der Waals surface area (Å²) in [5.74, 6) is -1.10. The van der Waals surface area contributed by atoms with Gasteiger partial charge < -0.3 is 25.2 Å². The van der Waals surface area contributed by atoms with Crippen LogP contribution < -0.4 is 5.32 Å². The van der Waals surface area contributed by atoms with E-state index in [1.807, 2.05) is 6.92 Å². The normalized spacial score (nSPS) is 23.3. The molecule has 0 aromatic carbocycles. The minimum Gasteiger partial charge on any atom is -0.481 e.